The Hall–Kier alpha value is -1.89. The number of carbonyl (C=O) groups is 1. The molecule has 1 amide bonds. The Morgan fingerprint density at radius 1 is 1.41 bits per heavy atom. The molecule has 1 aliphatic rings. The molecule has 0 saturated carbocycles. The first-order valence-corrected chi connectivity index (χ1v) is 7.00. The number of hydrogen-bond donors (Lipinski definition) is 2. The molecule has 2 N–H and O–H groups in total. The predicted molar refractivity (Wildman–Crippen MR) is 77.5 cm³/mol. The Labute approximate surface area is 128 Å². The lowest BCUT2D eigenvalue weighted by molar-refractivity contribution is -0.124. The summed E-state index contributed by atoms with van der Waals surface area (Å²) in [5.74, 6) is -2.06. The van der Waals surface area contributed by atoms with Crippen LogP contribution in [0.15, 0.2) is 18.2 Å². The fourth-order valence-corrected chi connectivity index (χ4v) is 2.47. The third-order valence-electron chi connectivity index (χ3n) is 3.69. The van der Waals surface area contributed by atoms with Crippen LogP contribution in [-0.4, -0.2) is 38.6 Å². The Morgan fingerprint density at radius 3 is 2.68 bits per heavy atom. The minimum Gasteiger partial charge on any atom is -0.497 e. The smallest absolute Gasteiger partial charge is 0.262 e. The molecule has 1 aromatic rings. The van der Waals surface area contributed by atoms with Gasteiger partial charge in [-0.1, -0.05) is 0 Å². The molecular formula is C15H20F2N2O3. The van der Waals surface area contributed by atoms with Crippen molar-refractivity contribution in [1.82, 2.24) is 10.6 Å². The average Bonchev–Trinajstić information content (AvgIpc) is 2.86. The summed E-state index contributed by atoms with van der Waals surface area (Å²) in [5.41, 5.74) is 0.722. The lowest BCUT2D eigenvalue weighted by atomic mass is 10.1. The van der Waals surface area contributed by atoms with Crippen molar-refractivity contribution < 1.29 is 23.0 Å². The van der Waals surface area contributed by atoms with Crippen molar-refractivity contribution in [1.29, 1.82) is 0 Å². The summed E-state index contributed by atoms with van der Waals surface area (Å²) in [5, 5.41) is 5.27. The van der Waals surface area contributed by atoms with Crippen LogP contribution in [0.4, 0.5) is 8.78 Å². The monoisotopic (exact) mass is 314 g/mol. The number of rotatable bonds is 5. The minimum absolute atomic E-state index is 0.395. The molecule has 22 heavy (non-hydrogen) atoms. The lowest BCUT2D eigenvalue weighted by Gasteiger charge is -2.20. The molecule has 2 unspecified atom stereocenters. The topological polar surface area (TPSA) is 59.6 Å². The van der Waals surface area contributed by atoms with E-state index < -0.39 is 36.9 Å². The lowest BCUT2D eigenvalue weighted by Crippen LogP contribution is -2.41. The third kappa shape index (κ3) is 3.65. The van der Waals surface area contributed by atoms with E-state index in [1.807, 2.05) is 0 Å². The van der Waals surface area contributed by atoms with Crippen molar-refractivity contribution in [3.05, 3.63) is 23.8 Å². The van der Waals surface area contributed by atoms with Crippen LogP contribution in [-0.2, 0) is 4.79 Å². The van der Waals surface area contributed by atoms with E-state index >= 15 is 0 Å². The van der Waals surface area contributed by atoms with Crippen LogP contribution in [0.5, 0.6) is 11.5 Å². The Kier molecular flexibility index (Phi) is 4.85. The van der Waals surface area contributed by atoms with Gasteiger partial charge in [-0.2, -0.15) is 0 Å². The highest BCUT2D eigenvalue weighted by molar-refractivity contribution is 5.82. The Balaban J connectivity index is 2.08. The number of amides is 1. The van der Waals surface area contributed by atoms with Crippen molar-refractivity contribution >= 4 is 5.91 Å². The normalized spacial score (nSPS) is 21.2. The fraction of sp³-hybridized carbons (Fsp3) is 0.533. The molecule has 1 aliphatic heterocycles. The van der Waals surface area contributed by atoms with E-state index in [1.54, 1.807) is 32.2 Å². The second-order valence-electron chi connectivity index (χ2n) is 5.33. The van der Waals surface area contributed by atoms with Gasteiger partial charge in [0.15, 0.2) is 0 Å². The van der Waals surface area contributed by atoms with Crippen molar-refractivity contribution in [2.24, 2.45) is 0 Å². The number of methoxy groups -OCH3 is 2. The Bertz CT molecular complexity index is 552. The van der Waals surface area contributed by atoms with Gasteiger partial charge in [0, 0.05) is 12.0 Å². The van der Waals surface area contributed by atoms with Gasteiger partial charge in [0.2, 0.25) is 5.91 Å². The summed E-state index contributed by atoms with van der Waals surface area (Å²) in [6.07, 6.45) is -0.485. The first-order valence-electron chi connectivity index (χ1n) is 7.00. The van der Waals surface area contributed by atoms with Crippen molar-refractivity contribution in [3.63, 3.8) is 0 Å². The zero-order valence-corrected chi connectivity index (χ0v) is 12.8. The molecule has 1 saturated heterocycles. The van der Waals surface area contributed by atoms with Crippen LogP contribution < -0.4 is 20.1 Å². The highest BCUT2D eigenvalue weighted by Crippen LogP contribution is 2.30. The average molecular weight is 314 g/mol. The molecular weight excluding hydrogens is 294 g/mol. The highest BCUT2D eigenvalue weighted by Gasteiger charge is 2.42. The Morgan fingerprint density at radius 2 is 2.14 bits per heavy atom. The van der Waals surface area contributed by atoms with Gasteiger partial charge in [0.05, 0.1) is 32.8 Å². The van der Waals surface area contributed by atoms with Crippen LogP contribution in [0.1, 0.15) is 24.9 Å². The number of carbonyl (C=O) groups excluding carboxylic acids is 1. The molecule has 7 heteroatoms. The van der Waals surface area contributed by atoms with E-state index in [9.17, 15) is 13.6 Å². The molecule has 0 bridgehead atoms. The molecule has 1 heterocycles. The van der Waals surface area contributed by atoms with Crippen LogP contribution >= 0.6 is 0 Å². The van der Waals surface area contributed by atoms with E-state index in [2.05, 4.69) is 10.6 Å². The van der Waals surface area contributed by atoms with E-state index in [1.165, 1.54) is 7.11 Å². The van der Waals surface area contributed by atoms with Gasteiger partial charge in [-0.05, 0) is 25.1 Å². The van der Waals surface area contributed by atoms with Gasteiger partial charge in [0.1, 0.15) is 11.5 Å². The maximum atomic E-state index is 13.2. The number of alkyl halides is 2. The highest BCUT2D eigenvalue weighted by atomic mass is 19.3. The number of halogens is 2. The van der Waals surface area contributed by atoms with Crippen LogP contribution in [0.3, 0.4) is 0 Å². The molecule has 122 valence electrons. The molecule has 2 atom stereocenters. The van der Waals surface area contributed by atoms with Crippen LogP contribution in [0.25, 0.3) is 0 Å². The quantitative estimate of drug-likeness (QED) is 0.871. The zero-order chi connectivity index (χ0) is 16.3. The predicted octanol–water partition coefficient (Wildman–Crippen LogP) is 1.88. The summed E-state index contributed by atoms with van der Waals surface area (Å²) in [4.78, 5) is 12.1. The SMILES string of the molecule is COc1ccc(OC)c(C(C)NC(=O)C2CC(F)(F)CN2)c1. The van der Waals surface area contributed by atoms with Gasteiger partial charge in [-0.3, -0.25) is 10.1 Å². The fourth-order valence-electron chi connectivity index (χ4n) is 2.47. The van der Waals surface area contributed by atoms with E-state index in [-0.39, 0.29) is 0 Å². The van der Waals surface area contributed by atoms with Crippen molar-refractivity contribution in [2.75, 3.05) is 20.8 Å². The molecule has 0 radical (unpaired) electrons. The largest absolute Gasteiger partial charge is 0.497 e. The summed E-state index contributed by atoms with van der Waals surface area (Å²) < 4.78 is 36.7. The summed E-state index contributed by atoms with van der Waals surface area (Å²) in [6, 6.07) is 3.96. The van der Waals surface area contributed by atoms with Crippen LogP contribution in [0.2, 0.25) is 0 Å². The molecule has 1 fully saturated rings. The van der Waals surface area contributed by atoms with Gasteiger partial charge < -0.3 is 14.8 Å². The molecule has 0 aromatic heterocycles. The maximum Gasteiger partial charge on any atom is 0.262 e. The maximum absolute atomic E-state index is 13.2. The number of ether oxygens (including phenoxy) is 2. The third-order valence-corrected chi connectivity index (χ3v) is 3.69. The van der Waals surface area contributed by atoms with E-state index in [4.69, 9.17) is 9.47 Å². The van der Waals surface area contributed by atoms with Gasteiger partial charge in [-0.15, -0.1) is 0 Å². The zero-order valence-electron chi connectivity index (χ0n) is 12.8. The summed E-state index contributed by atoms with van der Waals surface area (Å²) in [6.45, 7) is 1.30. The second kappa shape index (κ2) is 6.48. The first-order chi connectivity index (χ1) is 10.4. The minimum atomic E-state index is -2.83. The van der Waals surface area contributed by atoms with Crippen molar-refractivity contribution in [2.45, 2.75) is 31.4 Å². The molecule has 0 spiro atoms. The van der Waals surface area contributed by atoms with E-state index in [0.29, 0.717) is 11.5 Å². The molecule has 0 aliphatic carbocycles. The van der Waals surface area contributed by atoms with Gasteiger partial charge >= 0.3 is 0 Å². The molecule has 5 nitrogen and oxygen atoms in total. The number of nitrogens with one attached hydrogen (secondary N) is 2. The molecule has 1 aromatic carbocycles. The summed E-state index contributed by atoms with van der Waals surface area (Å²) >= 11 is 0. The van der Waals surface area contributed by atoms with Crippen molar-refractivity contribution in [3.8, 4) is 11.5 Å². The van der Waals surface area contributed by atoms with Crippen LogP contribution in [0, 0.1) is 0 Å². The molecule has 2 rings (SSSR count). The van der Waals surface area contributed by atoms with Gasteiger partial charge in [-0.25, -0.2) is 8.78 Å². The first kappa shape index (κ1) is 16.5. The van der Waals surface area contributed by atoms with E-state index in [0.717, 1.165) is 5.56 Å². The number of hydrogen-bond acceptors (Lipinski definition) is 4. The van der Waals surface area contributed by atoms with Gasteiger partial charge in [0.25, 0.3) is 5.92 Å². The second-order valence-corrected chi connectivity index (χ2v) is 5.33. The summed E-state index contributed by atoms with van der Waals surface area (Å²) in [7, 11) is 3.07. The number of benzene rings is 1. The standard InChI is InChI=1S/C15H20F2N2O3/c1-9(11-6-10(21-2)4-5-13(11)22-3)19-14(20)12-7-15(16,17)8-18-12/h4-6,9,12,18H,7-8H2,1-3H3,(H,19,20).